The van der Waals surface area contributed by atoms with Crippen LogP contribution in [0.1, 0.15) is 39.5 Å². The lowest BCUT2D eigenvalue weighted by molar-refractivity contribution is 0.0676. The van der Waals surface area contributed by atoms with E-state index in [4.69, 9.17) is 4.74 Å². The highest BCUT2D eigenvalue weighted by molar-refractivity contribution is 4.89. The number of hydrogen-bond acceptors (Lipinski definition) is 3. The van der Waals surface area contributed by atoms with E-state index < -0.39 is 0 Å². The maximum absolute atomic E-state index is 5.22. The van der Waals surface area contributed by atoms with Gasteiger partial charge in [-0.15, -0.1) is 0 Å². The van der Waals surface area contributed by atoms with Gasteiger partial charge in [-0.05, 0) is 37.8 Å². The Balaban J connectivity index is 2.59. The van der Waals surface area contributed by atoms with Crippen LogP contribution >= 0.6 is 0 Å². The smallest absolute Gasteiger partial charge is 0.0589 e. The van der Waals surface area contributed by atoms with Crippen molar-refractivity contribution in [2.24, 2.45) is 11.3 Å². The van der Waals surface area contributed by atoms with Gasteiger partial charge in [-0.3, -0.25) is 0 Å². The highest BCUT2D eigenvalue weighted by Gasteiger charge is 2.35. The van der Waals surface area contributed by atoms with E-state index in [2.05, 4.69) is 31.1 Å². The molecule has 2 unspecified atom stereocenters. The van der Waals surface area contributed by atoms with Gasteiger partial charge in [0.05, 0.1) is 6.61 Å². The van der Waals surface area contributed by atoms with Crippen molar-refractivity contribution >= 4 is 0 Å². The molecule has 0 heterocycles. The quantitative estimate of drug-likeness (QED) is 0.721. The standard InChI is InChI=1S/C15H32N2O/c1-5-17(9-10-18-4)13-15(12-16-3)8-6-7-14(2)11-15/h14,16H,5-13H2,1-4H3. The molecule has 1 saturated carbocycles. The van der Waals surface area contributed by atoms with Crippen molar-refractivity contribution in [1.29, 1.82) is 0 Å². The van der Waals surface area contributed by atoms with E-state index in [-0.39, 0.29) is 0 Å². The van der Waals surface area contributed by atoms with Gasteiger partial charge in [-0.2, -0.15) is 0 Å². The number of ether oxygens (including phenoxy) is 1. The van der Waals surface area contributed by atoms with Crippen LogP contribution in [-0.4, -0.2) is 51.8 Å². The van der Waals surface area contributed by atoms with Crippen LogP contribution in [-0.2, 0) is 4.74 Å². The summed E-state index contributed by atoms with van der Waals surface area (Å²) in [7, 11) is 3.88. The summed E-state index contributed by atoms with van der Waals surface area (Å²) < 4.78 is 5.22. The fourth-order valence-electron chi connectivity index (χ4n) is 3.55. The SMILES string of the molecule is CCN(CCOC)CC1(CNC)CCCC(C)C1. The molecule has 1 aliphatic rings. The molecule has 108 valence electrons. The molecule has 0 saturated heterocycles. The molecule has 3 nitrogen and oxygen atoms in total. The van der Waals surface area contributed by atoms with E-state index in [0.717, 1.165) is 32.2 Å². The second-order valence-corrected chi connectivity index (χ2v) is 6.09. The lowest BCUT2D eigenvalue weighted by atomic mass is 9.69. The molecule has 0 aromatic carbocycles. The topological polar surface area (TPSA) is 24.5 Å². The summed E-state index contributed by atoms with van der Waals surface area (Å²) >= 11 is 0. The number of methoxy groups -OCH3 is 1. The van der Waals surface area contributed by atoms with E-state index in [9.17, 15) is 0 Å². The van der Waals surface area contributed by atoms with Gasteiger partial charge in [0.2, 0.25) is 0 Å². The van der Waals surface area contributed by atoms with Crippen molar-refractivity contribution in [2.75, 3.05) is 46.9 Å². The molecular formula is C15H32N2O. The summed E-state index contributed by atoms with van der Waals surface area (Å²) in [5.74, 6) is 0.883. The first-order chi connectivity index (χ1) is 8.65. The molecule has 0 amide bonds. The van der Waals surface area contributed by atoms with Crippen LogP contribution < -0.4 is 5.32 Å². The van der Waals surface area contributed by atoms with Gasteiger partial charge in [0.1, 0.15) is 0 Å². The van der Waals surface area contributed by atoms with E-state index in [1.807, 2.05) is 0 Å². The summed E-state index contributed by atoms with van der Waals surface area (Å²) in [4.78, 5) is 2.55. The predicted molar refractivity (Wildman–Crippen MR) is 78.0 cm³/mol. The predicted octanol–water partition coefficient (Wildman–Crippen LogP) is 2.37. The molecule has 18 heavy (non-hydrogen) atoms. The average Bonchev–Trinajstić information content (AvgIpc) is 2.35. The first kappa shape index (κ1) is 15.9. The van der Waals surface area contributed by atoms with Crippen molar-refractivity contribution in [3.63, 3.8) is 0 Å². The fourth-order valence-corrected chi connectivity index (χ4v) is 3.55. The summed E-state index contributed by atoms with van der Waals surface area (Å²) in [5.41, 5.74) is 0.482. The van der Waals surface area contributed by atoms with Crippen LogP contribution in [0.3, 0.4) is 0 Å². The Morgan fingerprint density at radius 1 is 1.44 bits per heavy atom. The van der Waals surface area contributed by atoms with Crippen LogP contribution in [0.4, 0.5) is 0 Å². The Hall–Kier alpha value is -0.120. The van der Waals surface area contributed by atoms with E-state index in [0.29, 0.717) is 5.41 Å². The minimum absolute atomic E-state index is 0.482. The summed E-state index contributed by atoms with van der Waals surface area (Å²) in [6.07, 6.45) is 5.55. The number of hydrogen-bond donors (Lipinski definition) is 1. The minimum Gasteiger partial charge on any atom is -0.383 e. The highest BCUT2D eigenvalue weighted by Crippen LogP contribution is 2.39. The van der Waals surface area contributed by atoms with E-state index >= 15 is 0 Å². The summed E-state index contributed by atoms with van der Waals surface area (Å²) in [6.45, 7) is 10.1. The third kappa shape index (κ3) is 4.87. The van der Waals surface area contributed by atoms with Crippen molar-refractivity contribution in [3.05, 3.63) is 0 Å². The van der Waals surface area contributed by atoms with Gasteiger partial charge in [-0.1, -0.05) is 26.7 Å². The second kappa shape index (κ2) is 8.13. The van der Waals surface area contributed by atoms with Gasteiger partial charge < -0.3 is 15.0 Å². The number of nitrogens with zero attached hydrogens (tertiary/aromatic N) is 1. The summed E-state index contributed by atoms with van der Waals surface area (Å²) in [6, 6.07) is 0. The Kier molecular flexibility index (Phi) is 7.20. The van der Waals surface area contributed by atoms with Gasteiger partial charge in [0, 0.05) is 26.7 Å². The largest absolute Gasteiger partial charge is 0.383 e. The molecular weight excluding hydrogens is 224 g/mol. The monoisotopic (exact) mass is 256 g/mol. The van der Waals surface area contributed by atoms with Crippen LogP contribution in [0.2, 0.25) is 0 Å². The average molecular weight is 256 g/mol. The van der Waals surface area contributed by atoms with Gasteiger partial charge >= 0.3 is 0 Å². The van der Waals surface area contributed by atoms with E-state index in [1.165, 1.54) is 32.2 Å². The maximum Gasteiger partial charge on any atom is 0.0589 e. The molecule has 1 rings (SSSR count). The Bertz CT molecular complexity index is 219. The Morgan fingerprint density at radius 2 is 2.22 bits per heavy atom. The first-order valence-corrected chi connectivity index (χ1v) is 7.51. The number of nitrogens with one attached hydrogen (secondary N) is 1. The molecule has 1 aliphatic carbocycles. The molecule has 0 radical (unpaired) electrons. The third-order valence-electron chi connectivity index (χ3n) is 4.36. The fraction of sp³-hybridized carbons (Fsp3) is 1.00. The highest BCUT2D eigenvalue weighted by atomic mass is 16.5. The zero-order valence-corrected chi connectivity index (χ0v) is 12.8. The number of likely N-dealkylation sites (N-methyl/N-ethyl adjacent to an activating group) is 1. The van der Waals surface area contributed by atoms with Gasteiger partial charge in [-0.25, -0.2) is 0 Å². The van der Waals surface area contributed by atoms with Gasteiger partial charge in [0.15, 0.2) is 0 Å². The van der Waals surface area contributed by atoms with Crippen LogP contribution in [0.5, 0.6) is 0 Å². The molecule has 0 aromatic heterocycles. The molecule has 3 heteroatoms. The lowest BCUT2D eigenvalue weighted by Gasteiger charge is -2.43. The zero-order valence-electron chi connectivity index (χ0n) is 12.8. The minimum atomic E-state index is 0.482. The van der Waals surface area contributed by atoms with Crippen LogP contribution in [0.25, 0.3) is 0 Å². The Morgan fingerprint density at radius 3 is 2.78 bits per heavy atom. The zero-order chi connectivity index (χ0) is 13.4. The van der Waals surface area contributed by atoms with E-state index in [1.54, 1.807) is 7.11 Å². The van der Waals surface area contributed by atoms with Crippen molar-refractivity contribution in [1.82, 2.24) is 10.2 Å². The molecule has 0 aromatic rings. The van der Waals surface area contributed by atoms with Gasteiger partial charge in [0.25, 0.3) is 0 Å². The van der Waals surface area contributed by atoms with Crippen molar-refractivity contribution in [2.45, 2.75) is 39.5 Å². The van der Waals surface area contributed by atoms with Crippen LogP contribution in [0, 0.1) is 11.3 Å². The number of rotatable bonds is 8. The Labute approximate surface area is 113 Å². The molecule has 0 spiro atoms. The van der Waals surface area contributed by atoms with Crippen molar-refractivity contribution < 1.29 is 4.74 Å². The first-order valence-electron chi connectivity index (χ1n) is 7.51. The molecule has 2 atom stereocenters. The summed E-state index contributed by atoms with van der Waals surface area (Å²) in [5, 5.41) is 3.43. The third-order valence-corrected chi connectivity index (χ3v) is 4.36. The molecule has 1 fully saturated rings. The molecule has 0 bridgehead atoms. The van der Waals surface area contributed by atoms with Crippen LogP contribution in [0.15, 0.2) is 0 Å². The maximum atomic E-state index is 5.22. The lowest BCUT2D eigenvalue weighted by Crippen LogP contribution is -2.46. The van der Waals surface area contributed by atoms with Crippen molar-refractivity contribution in [3.8, 4) is 0 Å². The molecule has 0 aliphatic heterocycles. The second-order valence-electron chi connectivity index (χ2n) is 6.09. The normalized spacial score (nSPS) is 28.8. The molecule has 1 N–H and O–H groups in total.